The molecule has 2 aromatic carbocycles. The lowest BCUT2D eigenvalue weighted by Gasteiger charge is -2.32. The Labute approximate surface area is 172 Å². The van der Waals surface area contributed by atoms with E-state index >= 15 is 0 Å². The van der Waals surface area contributed by atoms with Gasteiger partial charge < -0.3 is 10.6 Å². The molecule has 28 heavy (non-hydrogen) atoms. The highest BCUT2D eigenvalue weighted by Crippen LogP contribution is 2.22. The van der Waals surface area contributed by atoms with Crippen LogP contribution >= 0.6 is 15.9 Å². The van der Waals surface area contributed by atoms with Gasteiger partial charge in [0.25, 0.3) is 0 Å². The number of nitrogens with one attached hydrogen (secondary N) is 2. The average molecular weight is 452 g/mol. The van der Waals surface area contributed by atoms with Gasteiger partial charge in [-0.15, -0.1) is 0 Å². The number of amides is 2. The van der Waals surface area contributed by atoms with Crippen molar-refractivity contribution in [2.75, 3.05) is 13.1 Å². The summed E-state index contributed by atoms with van der Waals surface area (Å²) >= 11 is 3.51. The van der Waals surface area contributed by atoms with E-state index in [2.05, 4.69) is 31.5 Å². The van der Waals surface area contributed by atoms with Gasteiger partial charge in [0.15, 0.2) is 11.6 Å². The van der Waals surface area contributed by atoms with Crippen LogP contribution in [0.2, 0.25) is 0 Å². The molecule has 1 heterocycles. The first-order chi connectivity index (χ1) is 13.4. The van der Waals surface area contributed by atoms with Gasteiger partial charge in [-0.1, -0.05) is 40.2 Å². The maximum absolute atomic E-state index is 13.3. The summed E-state index contributed by atoms with van der Waals surface area (Å²) in [6.45, 7) is 4.12. The van der Waals surface area contributed by atoms with Crippen LogP contribution in [0.4, 0.5) is 13.6 Å². The summed E-state index contributed by atoms with van der Waals surface area (Å²) in [5, 5.41) is 6.01. The van der Waals surface area contributed by atoms with Gasteiger partial charge in [0.2, 0.25) is 0 Å². The first-order valence-electron chi connectivity index (χ1n) is 9.40. The van der Waals surface area contributed by atoms with Crippen molar-refractivity contribution < 1.29 is 13.6 Å². The summed E-state index contributed by atoms with van der Waals surface area (Å²) in [5.74, 6) is -1.64. The molecule has 0 spiro atoms. The van der Waals surface area contributed by atoms with Gasteiger partial charge in [-0.2, -0.15) is 0 Å². The summed E-state index contributed by atoms with van der Waals surface area (Å²) < 4.78 is 27.3. The molecule has 7 heteroatoms. The molecular formula is C21H24BrF2N3O. The highest BCUT2D eigenvalue weighted by molar-refractivity contribution is 9.10. The average Bonchev–Trinajstić information content (AvgIpc) is 2.66. The van der Waals surface area contributed by atoms with Crippen molar-refractivity contribution >= 4 is 22.0 Å². The van der Waals surface area contributed by atoms with Crippen LogP contribution in [0.15, 0.2) is 46.9 Å². The first kappa shape index (κ1) is 20.7. The van der Waals surface area contributed by atoms with E-state index in [1.807, 2.05) is 31.2 Å². The summed E-state index contributed by atoms with van der Waals surface area (Å²) in [6, 6.07) is 11.7. The highest BCUT2D eigenvalue weighted by atomic mass is 79.9. The molecule has 3 rings (SSSR count). The molecule has 0 bridgehead atoms. The largest absolute Gasteiger partial charge is 0.335 e. The normalized spacial score (nSPS) is 16.6. The molecule has 150 valence electrons. The van der Waals surface area contributed by atoms with Crippen molar-refractivity contribution in [3.8, 4) is 0 Å². The minimum atomic E-state index is -0.825. The molecule has 2 aromatic rings. The minimum Gasteiger partial charge on any atom is -0.335 e. The van der Waals surface area contributed by atoms with E-state index in [1.165, 1.54) is 6.07 Å². The Hall–Kier alpha value is -1.99. The number of rotatable bonds is 5. The third-order valence-electron chi connectivity index (χ3n) is 5.03. The first-order valence-corrected chi connectivity index (χ1v) is 10.2. The lowest BCUT2D eigenvalue weighted by molar-refractivity contribution is 0.185. The second-order valence-electron chi connectivity index (χ2n) is 7.16. The lowest BCUT2D eigenvalue weighted by atomic mass is 10.0. The van der Waals surface area contributed by atoms with E-state index in [9.17, 15) is 13.6 Å². The lowest BCUT2D eigenvalue weighted by Crippen LogP contribution is -2.48. The molecular weight excluding hydrogens is 428 g/mol. The third kappa shape index (κ3) is 5.52. The number of likely N-dealkylation sites (tertiary alicyclic amines) is 1. The molecule has 0 aromatic heterocycles. The zero-order chi connectivity index (χ0) is 20.1. The molecule has 2 amide bonds. The van der Waals surface area contributed by atoms with E-state index in [4.69, 9.17) is 0 Å². The van der Waals surface area contributed by atoms with Crippen LogP contribution < -0.4 is 10.6 Å². The van der Waals surface area contributed by atoms with Crippen LogP contribution in [0.25, 0.3) is 0 Å². The van der Waals surface area contributed by atoms with Crippen LogP contribution in [-0.2, 0) is 6.54 Å². The minimum absolute atomic E-state index is 0.104. The Kier molecular flexibility index (Phi) is 7.02. The SMILES string of the molecule is CC(NC(=O)NC1CCN(Cc2ccc(F)c(F)c2)CC1)c1ccccc1Br. The van der Waals surface area contributed by atoms with E-state index < -0.39 is 11.6 Å². The van der Waals surface area contributed by atoms with Crippen molar-refractivity contribution in [1.29, 1.82) is 0 Å². The maximum Gasteiger partial charge on any atom is 0.315 e. The Morgan fingerprint density at radius 3 is 2.57 bits per heavy atom. The molecule has 0 radical (unpaired) electrons. The molecule has 2 N–H and O–H groups in total. The Bertz CT molecular complexity index is 825. The van der Waals surface area contributed by atoms with Crippen molar-refractivity contribution in [2.24, 2.45) is 0 Å². The van der Waals surface area contributed by atoms with Gasteiger partial charge in [-0.25, -0.2) is 13.6 Å². The van der Waals surface area contributed by atoms with Crippen LogP contribution in [0, 0.1) is 11.6 Å². The number of carbonyl (C=O) groups is 1. The molecule has 0 saturated carbocycles. The van der Waals surface area contributed by atoms with Gasteiger partial charge >= 0.3 is 6.03 Å². The number of halogens is 3. The van der Waals surface area contributed by atoms with E-state index in [-0.39, 0.29) is 18.1 Å². The molecule has 1 fully saturated rings. The quantitative estimate of drug-likeness (QED) is 0.688. The predicted octanol–water partition coefficient (Wildman–Crippen LogP) is 4.75. The number of piperidine rings is 1. The topological polar surface area (TPSA) is 44.4 Å². The number of hydrogen-bond acceptors (Lipinski definition) is 2. The van der Waals surface area contributed by atoms with Gasteiger partial charge in [0.05, 0.1) is 6.04 Å². The van der Waals surface area contributed by atoms with Gasteiger partial charge in [-0.05, 0) is 49.1 Å². The fourth-order valence-corrected chi connectivity index (χ4v) is 4.09. The van der Waals surface area contributed by atoms with E-state index in [0.717, 1.165) is 47.6 Å². The number of nitrogens with zero attached hydrogens (tertiary/aromatic N) is 1. The second kappa shape index (κ2) is 9.47. The Balaban J connectivity index is 1.44. The van der Waals surface area contributed by atoms with Crippen LogP contribution in [0.3, 0.4) is 0 Å². The van der Waals surface area contributed by atoms with Gasteiger partial charge in [0, 0.05) is 30.1 Å². The van der Waals surface area contributed by atoms with Crippen molar-refractivity contribution in [1.82, 2.24) is 15.5 Å². The Morgan fingerprint density at radius 1 is 1.18 bits per heavy atom. The fraction of sp³-hybridized carbons (Fsp3) is 0.381. The fourth-order valence-electron chi connectivity index (χ4n) is 3.46. The monoisotopic (exact) mass is 451 g/mol. The highest BCUT2D eigenvalue weighted by Gasteiger charge is 2.22. The molecule has 1 aliphatic rings. The number of urea groups is 1. The van der Waals surface area contributed by atoms with Crippen molar-refractivity contribution in [3.63, 3.8) is 0 Å². The van der Waals surface area contributed by atoms with Gasteiger partial charge in [0.1, 0.15) is 0 Å². The number of hydrogen-bond donors (Lipinski definition) is 2. The summed E-state index contributed by atoms with van der Waals surface area (Å²) in [4.78, 5) is 14.5. The zero-order valence-corrected chi connectivity index (χ0v) is 17.3. The van der Waals surface area contributed by atoms with E-state index in [0.29, 0.717) is 6.54 Å². The molecule has 1 saturated heterocycles. The van der Waals surface area contributed by atoms with Gasteiger partial charge in [-0.3, -0.25) is 4.90 Å². The maximum atomic E-state index is 13.3. The molecule has 0 aliphatic carbocycles. The summed E-state index contributed by atoms with van der Waals surface area (Å²) in [6.07, 6.45) is 1.64. The van der Waals surface area contributed by atoms with Crippen LogP contribution in [0.1, 0.15) is 36.9 Å². The smallest absolute Gasteiger partial charge is 0.315 e. The van der Waals surface area contributed by atoms with Crippen molar-refractivity contribution in [3.05, 3.63) is 69.7 Å². The zero-order valence-electron chi connectivity index (χ0n) is 15.7. The number of carbonyl (C=O) groups excluding carboxylic acids is 1. The summed E-state index contributed by atoms with van der Waals surface area (Å²) in [7, 11) is 0. The second-order valence-corrected chi connectivity index (χ2v) is 8.01. The molecule has 1 unspecified atom stereocenters. The molecule has 1 aliphatic heterocycles. The predicted molar refractivity (Wildman–Crippen MR) is 109 cm³/mol. The molecule has 1 atom stereocenters. The van der Waals surface area contributed by atoms with Crippen LogP contribution in [-0.4, -0.2) is 30.1 Å². The van der Waals surface area contributed by atoms with Crippen molar-refractivity contribution in [2.45, 2.75) is 38.4 Å². The van der Waals surface area contributed by atoms with E-state index in [1.54, 1.807) is 6.07 Å². The number of benzene rings is 2. The standard InChI is InChI=1S/C21H24BrF2N3O/c1-14(17-4-2-3-5-18(17)22)25-21(28)26-16-8-10-27(11-9-16)13-15-6-7-19(23)20(24)12-15/h2-7,12,14,16H,8-11,13H2,1H3,(H2,25,26,28). The Morgan fingerprint density at radius 2 is 1.89 bits per heavy atom. The third-order valence-corrected chi connectivity index (χ3v) is 5.75. The molecule has 4 nitrogen and oxygen atoms in total. The summed E-state index contributed by atoms with van der Waals surface area (Å²) in [5.41, 5.74) is 1.78. The van der Waals surface area contributed by atoms with Crippen LogP contribution in [0.5, 0.6) is 0 Å².